The average molecular weight is 302 g/mol. The third kappa shape index (κ3) is 4.09. The van der Waals surface area contributed by atoms with Gasteiger partial charge in [0, 0.05) is 32.2 Å². The quantitative estimate of drug-likeness (QED) is 0.863. The molecule has 1 aliphatic carbocycles. The summed E-state index contributed by atoms with van der Waals surface area (Å²) in [5.74, 6) is 0. The first-order valence-corrected chi connectivity index (χ1v) is 8.42. The van der Waals surface area contributed by atoms with Crippen LogP contribution >= 0.6 is 12.4 Å². The summed E-state index contributed by atoms with van der Waals surface area (Å²) in [7, 11) is 0. The number of rotatable bonds is 3. The van der Waals surface area contributed by atoms with Crippen LogP contribution in [0.3, 0.4) is 0 Å². The van der Waals surface area contributed by atoms with Gasteiger partial charge in [0.05, 0.1) is 0 Å². The van der Waals surface area contributed by atoms with Gasteiger partial charge in [0.25, 0.3) is 0 Å². The van der Waals surface area contributed by atoms with E-state index >= 15 is 0 Å². The maximum Gasteiger partial charge on any atom is 0.0112 e. The van der Waals surface area contributed by atoms with Crippen LogP contribution in [0.2, 0.25) is 0 Å². The van der Waals surface area contributed by atoms with Crippen molar-refractivity contribution in [3.8, 4) is 0 Å². The van der Waals surface area contributed by atoms with Gasteiger partial charge in [0.2, 0.25) is 0 Å². The first-order chi connectivity index (χ1) is 9.25. The van der Waals surface area contributed by atoms with Gasteiger partial charge < -0.3 is 10.2 Å². The molecule has 2 heterocycles. The van der Waals surface area contributed by atoms with Crippen LogP contribution in [-0.4, -0.2) is 61.7 Å². The number of hydrogen-bond donors (Lipinski definition) is 1. The van der Waals surface area contributed by atoms with Crippen LogP contribution in [0.25, 0.3) is 0 Å². The zero-order chi connectivity index (χ0) is 13.1. The van der Waals surface area contributed by atoms with Crippen molar-refractivity contribution < 1.29 is 0 Å². The second-order valence-corrected chi connectivity index (χ2v) is 7.34. The van der Waals surface area contributed by atoms with Crippen LogP contribution in [0.5, 0.6) is 0 Å². The molecule has 0 bridgehead atoms. The molecule has 1 unspecified atom stereocenters. The van der Waals surface area contributed by atoms with Crippen LogP contribution in [0.1, 0.15) is 45.4 Å². The maximum atomic E-state index is 3.53. The molecule has 3 aliphatic rings. The van der Waals surface area contributed by atoms with Gasteiger partial charge in [-0.2, -0.15) is 0 Å². The second-order valence-electron chi connectivity index (χ2n) is 7.34. The molecule has 1 N–H and O–H groups in total. The highest BCUT2D eigenvalue weighted by Crippen LogP contribution is 2.27. The van der Waals surface area contributed by atoms with Gasteiger partial charge in [-0.1, -0.05) is 19.8 Å². The predicted octanol–water partition coefficient (Wildman–Crippen LogP) is 2.36. The lowest BCUT2D eigenvalue weighted by Gasteiger charge is -2.31. The molecule has 3 fully saturated rings. The summed E-state index contributed by atoms with van der Waals surface area (Å²) >= 11 is 0. The van der Waals surface area contributed by atoms with Gasteiger partial charge in [-0.15, -0.1) is 12.4 Å². The van der Waals surface area contributed by atoms with Crippen molar-refractivity contribution in [1.82, 2.24) is 15.1 Å². The Morgan fingerprint density at radius 3 is 2.55 bits per heavy atom. The molecule has 1 atom stereocenters. The molecular weight excluding hydrogens is 270 g/mol. The summed E-state index contributed by atoms with van der Waals surface area (Å²) in [6.07, 6.45) is 8.59. The Balaban J connectivity index is 0.00000147. The minimum Gasteiger partial charge on any atom is -0.316 e. The predicted molar refractivity (Wildman–Crippen MR) is 87.7 cm³/mol. The van der Waals surface area contributed by atoms with E-state index in [-0.39, 0.29) is 12.4 Å². The molecule has 3 rings (SSSR count). The SMILES string of the molecule is CC1(CN2CCCN(C3CCCC3)CC2)CCNC1.Cl. The Kier molecular flexibility index (Phi) is 6.15. The van der Waals surface area contributed by atoms with Gasteiger partial charge in [0.15, 0.2) is 0 Å². The van der Waals surface area contributed by atoms with Crippen molar-refractivity contribution in [2.45, 2.75) is 51.5 Å². The molecule has 0 aromatic heterocycles. The third-order valence-corrected chi connectivity index (χ3v) is 5.53. The molecule has 2 saturated heterocycles. The molecule has 4 heteroatoms. The average Bonchev–Trinajstić information content (AvgIpc) is 3.00. The molecular formula is C16H32ClN3. The maximum absolute atomic E-state index is 3.53. The van der Waals surface area contributed by atoms with Gasteiger partial charge in [-0.05, 0) is 50.7 Å². The Bertz CT molecular complexity index is 285. The molecule has 2 aliphatic heterocycles. The number of hydrogen-bond acceptors (Lipinski definition) is 3. The Morgan fingerprint density at radius 2 is 1.85 bits per heavy atom. The van der Waals surface area contributed by atoms with Crippen LogP contribution in [0, 0.1) is 5.41 Å². The van der Waals surface area contributed by atoms with Gasteiger partial charge >= 0.3 is 0 Å². The molecule has 1 saturated carbocycles. The van der Waals surface area contributed by atoms with E-state index in [2.05, 4.69) is 22.0 Å². The van der Waals surface area contributed by atoms with Crippen molar-refractivity contribution in [2.24, 2.45) is 5.41 Å². The highest BCUT2D eigenvalue weighted by Gasteiger charge is 2.32. The lowest BCUT2D eigenvalue weighted by molar-refractivity contribution is 0.168. The van der Waals surface area contributed by atoms with Crippen LogP contribution in [-0.2, 0) is 0 Å². The largest absolute Gasteiger partial charge is 0.316 e. The fourth-order valence-electron chi connectivity index (χ4n) is 4.33. The zero-order valence-corrected chi connectivity index (χ0v) is 13.9. The standard InChI is InChI=1S/C16H31N3.ClH/c1-16(7-8-17-13-16)14-18-9-4-10-19(12-11-18)15-5-2-3-6-15;/h15,17H,2-14H2,1H3;1H. The Morgan fingerprint density at radius 1 is 1.05 bits per heavy atom. The monoisotopic (exact) mass is 301 g/mol. The lowest BCUT2D eigenvalue weighted by Crippen LogP contribution is -2.40. The van der Waals surface area contributed by atoms with Crippen molar-refractivity contribution in [2.75, 3.05) is 45.8 Å². The normalized spacial score (nSPS) is 34.0. The highest BCUT2D eigenvalue weighted by atomic mass is 35.5. The molecule has 20 heavy (non-hydrogen) atoms. The summed E-state index contributed by atoms with van der Waals surface area (Å²) in [5.41, 5.74) is 0.530. The first-order valence-electron chi connectivity index (χ1n) is 8.42. The lowest BCUT2D eigenvalue weighted by atomic mass is 9.89. The summed E-state index contributed by atoms with van der Waals surface area (Å²) in [6.45, 7) is 11.5. The first kappa shape index (κ1) is 16.5. The molecule has 0 amide bonds. The molecule has 0 aromatic rings. The molecule has 3 nitrogen and oxygen atoms in total. The highest BCUT2D eigenvalue weighted by molar-refractivity contribution is 5.85. The summed E-state index contributed by atoms with van der Waals surface area (Å²) in [5, 5.41) is 3.53. The minimum atomic E-state index is 0. The van der Waals surface area contributed by atoms with Crippen molar-refractivity contribution in [3.05, 3.63) is 0 Å². The van der Waals surface area contributed by atoms with Crippen LogP contribution in [0.15, 0.2) is 0 Å². The van der Waals surface area contributed by atoms with Crippen molar-refractivity contribution in [3.63, 3.8) is 0 Å². The van der Waals surface area contributed by atoms with E-state index in [1.165, 1.54) is 84.3 Å². The molecule has 0 aromatic carbocycles. The summed E-state index contributed by atoms with van der Waals surface area (Å²) in [6, 6.07) is 0.920. The molecule has 118 valence electrons. The van der Waals surface area contributed by atoms with Gasteiger partial charge in [0.1, 0.15) is 0 Å². The van der Waals surface area contributed by atoms with E-state index < -0.39 is 0 Å². The van der Waals surface area contributed by atoms with E-state index in [0.717, 1.165) is 6.04 Å². The van der Waals surface area contributed by atoms with Crippen LogP contribution in [0.4, 0.5) is 0 Å². The third-order valence-electron chi connectivity index (χ3n) is 5.53. The zero-order valence-electron chi connectivity index (χ0n) is 13.1. The fraction of sp³-hybridized carbons (Fsp3) is 1.00. The van der Waals surface area contributed by atoms with E-state index in [1.54, 1.807) is 0 Å². The van der Waals surface area contributed by atoms with E-state index in [1.807, 2.05) is 0 Å². The molecule has 0 spiro atoms. The van der Waals surface area contributed by atoms with Crippen molar-refractivity contribution >= 4 is 12.4 Å². The Labute approximate surface area is 130 Å². The van der Waals surface area contributed by atoms with E-state index in [0.29, 0.717) is 5.41 Å². The van der Waals surface area contributed by atoms with Gasteiger partial charge in [-0.3, -0.25) is 4.90 Å². The summed E-state index contributed by atoms with van der Waals surface area (Å²) < 4.78 is 0. The van der Waals surface area contributed by atoms with E-state index in [9.17, 15) is 0 Å². The van der Waals surface area contributed by atoms with Crippen molar-refractivity contribution in [1.29, 1.82) is 0 Å². The second kappa shape index (κ2) is 7.44. The molecule has 0 radical (unpaired) electrons. The summed E-state index contributed by atoms with van der Waals surface area (Å²) in [4.78, 5) is 5.53. The smallest absolute Gasteiger partial charge is 0.0112 e. The number of nitrogens with zero attached hydrogens (tertiary/aromatic N) is 2. The van der Waals surface area contributed by atoms with E-state index in [4.69, 9.17) is 0 Å². The topological polar surface area (TPSA) is 18.5 Å². The Hall–Kier alpha value is 0.170. The van der Waals surface area contributed by atoms with Gasteiger partial charge in [-0.25, -0.2) is 0 Å². The number of halogens is 1. The fourth-order valence-corrected chi connectivity index (χ4v) is 4.33. The number of nitrogens with one attached hydrogen (secondary N) is 1. The minimum absolute atomic E-state index is 0. The van der Waals surface area contributed by atoms with Crippen LogP contribution < -0.4 is 5.32 Å².